The zero-order valence-corrected chi connectivity index (χ0v) is 9.17. The van der Waals surface area contributed by atoms with Crippen LogP contribution in [0.15, 0.2) is 35.7 Å². The molecule has 0 aliphatic heterocycles. The van der Waals surface area contributed by atoms with Gasteiger partial charge in [-0.25, -0.2) is 0 Å². The van der Waals surface area contributed by atoms with E-state index in [1.54, 1.807) is 0 Å². The number of carbonyl (C=O) groups excluding carboxylic acids is 1. The number of amides is 1. The highest BCUT2D eigenvalue weighted by atomic mass is 32.1. The zero-order chi connectivity index (χ0) is 10.8. The Bertz CT molecular complexity index is 502. The molecule has 2 N–H and O–H groups in total. The van der Waals surface area contributed by atoms with Crippen LogP contribution < -0.4 is 5.73 Å². The van der Waals surface area contributed by atoms with Crippen LogP contribution in [0.2, 0.25) is 0 Å². The maximum Gasteiger partial charge on any atom is 0.259 e. The van der Waals surface area contributed by atoms with Gasteiger partial charge in [0.25, 0.3) is 5.91 Å². The summed E-state index contributed by atoms with van der Waals surface area (Å²) in [5, 5.41) is 1.89. The van der Waals surface area contributed by atoms with Gasteiger partial charge in [-0.3, -0.25) is 4.79 Å². The first-order valence-electron chi connectivity index (χ1n) is 4.63. The van der Waals surface area contributed by atoms with E-state index in [4.69, 9.17) is 5.73 Å². The minimum absolute atomic E-state index is 0.358. The van der Waals surface area contributed by atoms with E-state index in [1.807, 2.05) is 42.6 Å². The van der Waals surface area contributed by atoms with Gasteiger partial charge in [-0.05, 0) is 29.5 Å². The van der Waals surface area contributed by atoms with Crippen LogP contribution >= 0.6 is 11.3 Å². The van der Waals surface area contributed by atoms with Crippen LogP contribution in [-0.2, 0) is 0 Å². The van der Waals surface area contributed by atoms with Gasteiger partial charge in [-0.1, -0.05) is 24.3 Å². The van der Waals surface area contributed by atoms with E-state index >= 15 is 0 Å². The highest BCUT2D eigenvalue weighted by Gasteiger charge is 2.12. The SMILES string of the molecule is Cc1ccccc1-c1ccsc1C(N)=O. The molecule has 0 unspecified atom stereocenters. The summed E-state index contributed by atoms with van der Waals surface area (Å²) in [6.07, 6.45) is 0. The molecule has 0 spiro atoms. The molecule has 0 saturated carbocycles. The van der Waals surface area contributed by atoms with E-state index in [9.17, 15) is 4.79 Å². The van der Waals surface area contributed by atoms with Crippen molar-refractivity contribution in [2.24, 2.45) is 5.73 Å². The number of thiophene rings is 1. The molecule has 0 radical (unpaired) electrons. The highest BCUT2D eigenvalue weighted by molar-refractivity contribution is 7.12. The molecular formula is C12H11NOS. The fourth-order valence-corrected chi connectivity index (χ4v) is 2.35. The predicted molar refractivity (Wildman–Crippen MR) is 63.0 cm³/mol. The third-order valence-electron chi connectivity index (χ3n) is 2.32. The summed E-state index contributed by atoms with van der Waals surface area (Å²) in [4.78, 5) is 11.8. The van der Waals surface area contributed by atoms with Crippen molar-refractivity contribution in [1.82, 2.24) is 0 Å². The number of hydrogen-bond donors (Lipinski definition) is 1. The van der Waals surface area contributed by atoms with Crippen LogP contribution in [0.4, 0.5) is 0 Å². The van der Waals surface area contributed by atoms with Crippen molar-refractivity contribution >= 4 is 17.2 Å². The van der Waals surface area contributed by atoms with E-state index in [2.05, 4.69) is 0 Å². The van der Waals surface area contributed by atoms with Crippen molar-refractivity contribution in [2.45, 2.75) is 6.92 Å². The minimum atomic E-state index is -0.358. The minimum Gasteiger partial charge on any atom is -0.365 e. The summed E-state index contributed by atoms with van der Waals surface area (Å²) >= 11 is 1.39. The third-order valence-corrected chi connectivity index (χ3v) is 3.25. The Hall–Kier alpha value is -1.61. The Kier molecular flexibility index (Phi) is 2.56. The fourth-order valence-electron chi connectivity index (χ4n) is 1.59. The molecule has 2 nitrogen and oxygen atoms in total. The topological polar surface area (TPSA) is 43.1 Å². The van der Waals surface area contributed by atoms with Crippen molar-refractivity contribution in [2.75, 3.05) is 0 Å². The summed E-state index contributed by atoms with van der Waals surface area (Å²) in [5.74, 6) is -0.358. The van der Waals surface area contributed by atoms with E-state index in [-0.39, 0.29) is 5.91 Å². The average molecular weight is 217 g/mol. The van der Waals surface area contributed by atoms with Gasteiger partial charge in [0.05, 0.1) is 4.88 Å². The van der Waals surface area contributed by atoms with Gasteiger partial charge in [0, 0.05) is 5.56 Å². The number of hydrogen-bond acceptors (Lipinski definition) is 2. The predicted octanol–water partition coefficient (Wildman–Crippen LogP) is 2.82. The number of aryl methyl sites for hydroxylation is 1. The zero-order valence-electron chi connectivity index (χ0n) is 8.36. The first kappa shape index (κ1) is 9.93. The summed E-state index contributed by atoms with van der Waals surface area (Å²) in [5.41, 5.74) is 8.48. The van der Waals surface area contributed by atoms with E-state index < -0.39 is 0 Å². The van der Waals surface area contributed by atoms with Gasteiger partial charge in [0.2, 0.25) is 0 Å². The molecular weight excluding hydrogens is 206 g/mol. The van der Waals surface area contributed by atoms with Crippen LogP contribution in [0, 0.1) is 6.92 Å². The summed E-state index contributed by atoms with van der Waals surface area (Å²) in [6.45, 7) is 2.03. The number of primary amides is 1. The number of nitrogens with two attached hydrogens (primary N) is 1. The molecule has 0 aliphatic rings. The molecule has 0 aliphatic carbocycles. The summed E-state index contributed by atoms with van der Waals surface area (Å²) in [7, 11) is 0. The van der Waals surface area contributed by atoms with Crippen LogP contribution in [0.3, 0.4) is 0 Å². The van der Waals surface area contributed by atoms with E-state index in [1.165, 1.54) is 11.3 Å². The smallest absolute Gasteiger partial charge is 0.259 e. The lowest BCUT2D eigenvalue weighted by Crippen LogP contribution is -2.09. The average Bonchev–Trinajstić information content (AvgIpc) is 2.67. The van der Waals surface area contributed by atoms with Crippen LogP contribution in [0.1, 0.15) is 15.2 Å². The molecule has 76 valence electrons. The Morgan fingerprint density at radius 2 is 1.93 bits per heavy atom. The third kappa shape index (κ3) is 1.78. The molecule has 1 amide bonds. The molecule has 1 aromatic carbocycles. The van der Waals surface area contributed by atoms with Gasteiger partial charge < -0.3 is 5.73 Å². The lowest BCUT2D eigenvalue weighted by Gasteiger charge is -2.04. The lowest BCUT2D eigenvalue weighted by atomic mass is 10.0. The monoisotopic (exact) mass is 217 g/mol. The Balaban J connectivity index is 2.59. The van der Waals surface area contributed by atoms with Crippen molar-refractivity contribution in [3.8, 4) is 11.1 Å². The Morgan fingerprint density at radius 1 is 1.20 bits per heavy atom. The second kappa shape index (κ2) is 3.87. The van der Waals surface area contributed by atoms with Crippen LogP contribution in [-0.4, -0.2) is 5.91 Å². The number of rotatable bonds is 2. The van der Waals surface area contributed by atoms with Gasteiger partial charge in [0.15, 0.2) is 0 Å². The number of benzene rings is 1. The molecule has 0 bridgehead atoms. The van der Waals surface area contributed by atoms with Gasteiger partial charge >= 0.3 is 0 Å². The lowest BCUT2D eigenvalue weighted by molar-refractivity contribution is 0.100. The highest BCUT2D eigenvalue weighted by Crippen LogP contribution is 2.30. The van der Waals surface area contributed by atoms with E-state index in [0.717, 1.165) is 16.7 Å². The molecule has 0 atom stereocenters. The van der Waals surface area contributed by atoms with Gasteiger partial charge in [-0.2, -0.15) is 0 Å². The largest absolute Gasteiger partial charge is 0.365 e. The van der Waals surface area contributed by atoms with Crippen molar-refractivity contribution < 1.29 is 4.79 Å². The van der Waals surface area contributed by atoms with Crippen LogP contribution in [0.5, 0.6) is 0 Å². The molecule has 2 aromatic rings. The first-order valence-corrected chi connectivity index (χ1v) is 5.51. The molecule has 15 heavy (non-hydrogen) atoms. The summed E-state index contributed by atoms with van der Waals surface area (Å²) in [6, 6.07) is 9.91. The summed E-state index contributed by atoms with van der Waals surface area (Å²) < 4.78 is 0. The maximum absolute atomic E-state index is 11.2. The number of carbonyl (C=O) groups is 1. The quantitative estimate of drug-likeness (QED) is 0.825. The van der Waals surface area contributed by atoms with Crippen molar-refractivity contribution in [3.63, 3.8) is 0 Å². The fraction of sp³-hybridized carbons (Fsp3) is 0.0833. The Morgan fingerprint density at radius 3 is 2.60 bits per heavy atom. The van der Waals surface area contributed by atoms with Crippen LogP contribution in [0.25, 0.3) is 11.1 Å². The molecule has 1 aromatic heterocycles. The van der Waals surface area contributed by atoms with Gasteiger partial charge in [-0.15, -0.1) is 11.3 Å². The molecule has 0 fully saturated rings. The van der Waals surface area contributed by atoms with Gasteiger partial charge in [0.1, 0.15) is 0 Å². The molecule has 0 saturated heterocycles. The maximum atomic E-state index is 11.2. The normalized spacial score (nSPS) is 10.2. The second-order valence-electron chi connectivity index (χ2n) is 3.34. The first-order chi connectivity index (χ1) is 7.20. The molecule has 1 heterocycles. The molecule has 2 rings (SSSR count). The van der Waals surface area contributed by atoms with Crippen molar-refractivity contribution in [1.29, 1.82) is 0 Å². The Labute approximate surface area is 92.4 Å². The second-order valence-corrected chi connectivity index (χ2v) is 4.26. The standard InChI is InChI=1S/C12H11NOS/c1-8-4-2-3-5-9(8)10-6-7-15-11(10)12(13)14/h2-7H,1H3,(H2,13,14). The van der Waals surface area contributed by atoms with E-state index in [0.29, 0.717) is 4.88 Å². The van der Waals surface area contributed by atoms with Crippen molar-refractivity contribution in [3.05, 3.63) is 46.2 Å². The molecule has 3 heteroatoms.